The van der Waals surface area contributed by atoms with Crippen molar-refractivity contribution in [3.63, 3.8) is 0 Å². The average molecular weight is 336 g/mol. The molecule has 0 amide bonds. The first-order chi connectivity index (χ1) is 12.4. The zero-order valence-electron chi connectivity index (χ0n) is 13.9. The van der Waals surface area contributed by atoms with Crippen LogP contribution in [0.3, 0.4) is 0 Å². The second kappa shape index (κ2) is 7.34. The lowest BCUT2D eigenvalue weighted by molar-refractivity contribution is 0.199. The molecule has 1 aliphatic rings. The Morgan fingerprint density at radius 1 is 1.08 bits per heavy atom. The summed E-state index contributed by atoms with van der Waals surface area (Å²) in [5.41, 5.74) is 1.90. The summed E-state index contributed by atoms with van der Waals surface area (Å²) in [5.74, 6) is 1.25. The molecule has 0 unspecified atom stereocenters. The number of nitrogens with one attached hydrogen (secondary N) is 1. The van der Waals surface area contributed by atoms with Crippen LogP contribution in [0, 0.1) is 0 Å². The Bertz CT molecular complexity index is 813. The molecular weight excluding hydrogens is 316 g/mol. The van der Waals surface area contributed by atoms with E-state index in [0.29, 0.717) is 24.3 Å². The number of rotatable bonds is 6. The van der Waals surface area contributed by atoms with E-state index in [0.717, 1.165) is 24.0 Å². The van der Waals surface area contributed by atoms with Crippen molar-refractivity contribution in [2.24, 2.45) is 0 Å². The molecule has 1 fully saturated rings. The van der Waals surface area contributed by atoms with E-state index in [1.165, 1.54) is 12.8 Å². The van der Waals surface area contributed by atoms with Crippen molar-refractivity contribution >= 4 is 6.01 Å². The van der Waals surface area contributed by atoms with E-state index >= 15 is 0 Å². The van der Waals surface area contributed by atoms with Gasteiger partial charge in [-0.1, -0.05) is 41.6 Å². The maximum absolute atomic E-state index is 6.05. The number of ether oxygens (including phenoxy) is 1. The highest BCUT2D eigenvalue weighted by atomic mass is 16.5. The number of hydrogen-bond donors (Lipinski definition) is 1. The number of benzene rings is 1. The van der Waals surface area contributed by atoms with Gasteiger partial charge in [-0.05, 0) is 31.7 Å². The first-order valence-corrected chi connectivity index (χ1v) is 8.62. The van der Waals surface area contributed by atoms with Gasteiger partial charge in [-0.15, -0.1) is 0 Å². The van der Waals surface area contributed by atoms with Gasteiger partial charge in [0.2, 0.25) is 11.7 Å². The molecule has 0 bridgehead atoms. The maximum atomic E-state index is 6.05. The SMILES string of the molecule is c1ccc(-c2noc(NCc3cccnc3OC3CCCC3)n2)cc1. The lowest BCUT2D eigenvalue weighted by atomic mass is 10.2. The van der Waals surface area contributed by atoms with Gasteiger partial charge in [0.05, 0.1) is 0 Å². The number of anilines is 1. The molecule has 2 aromatic heterocycles. The maximum Gasteiger partial charge on any atom is 0.322 e. The van der Waals surface area contributed by atoms with E-state index in [9.17, 15) is 0 Å². The van der Waals surface area contributed by atoms with Crippen molar-refractivity contribution in [1.29, 1.82) is 0 Å². The molecule has 128 valence electrons. The summed E-state index contributed by atoms with van der Waals surface area (Å²) in [5, 5.41) is 7.16. The topological polar surface area (TPSA) is 73.1 Å². The van der Waals surface area contributed by atoms with Crippen LogP contribution in [0.25, 0.3) is 11.4 Å². The van der Waals surface area contributed by atoms with E-state index in [-0.39, 0.29) is 6.10 Å². The van der Waals surface area contributed by atoms with Crippen LogP contribution in [-0.2, 0) is 6.54 Å². The molecular formula is C19H20N4O2. The molecule has 0 atom stereocenters. The quantitative estimate of drug-likeness (QED) is 0.731. The third-order valence-electron chi connectivity index (χ3n) is 4.32. The molecule has 2 heterocycles. The Morgan fingerprint density at radius 2 is 1.92 bits per heavy atom. The van der Waals surface area contributed by atoms with Gasteiger partial charge < -0.3 is 14.6 Å². The van der Waals surface area contributed by atoms with E-state index in [2.05, 4.69) is 20.4 Å². The molecule has 1 saturated carbocycles. The number of hydrogen-bond acceptors (Lipinski definition) is 6. The predicted octanol–water partition coefficient (Wildman–Crippen LogP) is 4.07. The summed E-state index contributed by atoms with van der Waals surface area (Å²) in [6.45, 7) is 0.520. The van der Waals surface area contributed by atoms with Crippen LogP contribution < -0.4 is 10.1 Å². The minimum absolute atomic E-state index is 0.279. The van der Waals surface area contributed by atoms with Crippen molar-refractivity contribution < 1.29 is 9.26 Å². The standard InChI is InChI=1S/C19H20N4O2/c1-2-7-14(8-3-1)17-22-19(25-23-17)21-13-15-9-6-12-20-18(15)24-16-10-4-5-11-16/h1-3,6-9,12,16H,4-5,10-11,13H2,(H,21,22,23). The van der Waals surface area contributed by atoms with Crippen molar-refractivity contribution in [3.8, 4) is 17.3 Å². The van der Waals surface area contributed by atoms with E-state index in [1.54, 1.807) is 6.20 Å². The molecule has 6 heteroatoms. The Hall–Kier alpha value is -2.89. The molecule has 0 saturated heterocycles. The Morgan fingerprint density at radius 3 is 2.76 bits per heavy atom. The highest BCUT2D eigenvalue weighted by molar-refractivity contribution is 5.54. The summed E-state index contributed by atoms with van der Waals surface area (Å²) in [6.07, 6.45) is 6.71. The summed E-state index contributed by atoms with van der Waals surface area (Å²) < 4.78 is 11.3. The normalized spacial score (nSPS) is 14.6. The highest BCUT2D eigenvalue weighted by Gasteiger charge is 2.18. The number of nitrogens with zero attached hydrogens (tertiary/aromatic N) is 3. The molecule has 0 radical (unpaired) electrons. The van der Waals surface area contributed by atoms with Gasteiger partial charge in [-0.25, -0.2) is 4.98 Å². The molecule has 25 heavy (non-hydrogen) atoms. The Labute approximate surface area is 146 Å². The minimum atomic E-state index is 0.279. The summed E-state index contributed by atoms with van der Waals surface area (Å²) in [6, 6.07) is 14.0. The van der Waals surface area contributed by atoms with Crippen LogP contribution in [0.4, 0.5) is 6.01 Å². The first-order valence-electron chi connectivity index (χ1n) is 8.62. The largest absolute Gasteiger partial charge is 0.474 e. The molecule has 0 spiro atoms. The summed E-state index contributed by atoms with van der Waals surface area (Å²) >= 11 is 0. The molecule has 1 aliphatic carbocycles. The van der Waals surface area contributed by atoms with Crippen LogP contribution in [0.5, 0.6) is 5.88 Å². The fourth-order valence-electron chi connectivity index (χ4n) is 3.00. The van der Waals surface area contributed by atoms with Crippen LogP contribution in [-0.4, -0.2) is 21.2 Å². The van der Waals surface area contributed by atoms with Crippen molar-refractivity contribution in [2.45, 2.75) is 38.3 Å². The Kier molecular flexibility index (Phi) is 4.59. The molecule has 3 aromatic rings. The monoisotopic (exact) mass is 336 g/mol. The third kappa shape index (κ3) is 3.79. The minimum Gasteiger partial charge on any atom is -0.474 e. The van der Waals surface area contributed by atoms with Crippen LogP contribution in [0.2, 0.25) is 0 Å². The van der Waals surface area contributed by atoms with Crippen LogP contribution >= 0.6 is 0 Å². The first kappa shape index (κ1) is 15.6. The lowest BCUT2D eigenvalue weighted by Crippen LogP contribution is -2.14. The third-order valence-corrected chi connectivity index (χ3v) is 4.32. The van der Waals surface area contributed by atoms with Crippen LogP contribution in [0.15, 0.2) is 53.2 Å². The van der Waals surface area contributed by atoms with Gasteiger partial charge in [-0.2, -0.15) is 4.98 Å². The van der Waals surface area contributed by atoms with Crippen molar-refractivity contribution in [3.05, 3.63) is 54.2 Å². The summed E-state index contributed by atoms with van der Waals surface area (Å²) in [7, 11) is 0. The second-order valence-electron chi connectivity index (χ2n) is 6.13. The second-order valence-corrected chi connectivity index (χ2v) is 6.13. The van der Waals surface area contributed by atoms with Crippen LogP contribution in [0.1, 0.15) is 31.2 Å². The van der Waals surface area contributed by atoms with E-state index in [1.807, 2.05) is 42.5 Å². The summed E-state index contributed by atoms with van der Waals surface area (Å²) in [4.78, 5) is 8.76. The fourth-order valence-corrected chi connectivity index (χ4v) is 3.00. The fraction of sp³-hybridized carbons (Fsp3) is 0.316. The Balaban J connectivity index is 1.42. The molecule has 6 nitrogen and oxygen atoms in total. The zero-order valence-corrected chi connectivity index (χ0v) is 13.9. The van der Waals surface area contributed by atoms with Gasteiger partial charge in [-0.3, -0.25) is 0 Å². The number of pyridine rings is 1. The van der Waals surface area contributed by atoms with E-state index in [4.69, 9.17) is 9.26 Å². The molecule has 1 N–H and O–H groups in total. The molecule has 0 aliphatic heterocycles. The van der Waals surface area contributed by atoms with Gasteiger partial charge in [0, 0.05) is 23.9 Å². The van der Waals surface area contributed by atoms with Crippen molar-refractivity contribution in [1.82, 2.24) is 15.1 Å². The predicted molar refractivity (Wildman–Crippen MR) is 94.2 cm³/mol. The smallest absolute Gasteiger partial charge is 0.322 e. The van der Waals surface area contributed by atoms with E-state index < -0.39 is 0 Å². The lowest BCUT2D eigenvalue weighted by Gasteiger charge is -2.15. The average Bonchev–Trinajstić information content (AvgIpc) is 3.34. The van der Waals surface area contributed by atoms with Gasteiger partial charge >= 0.3 is 6.01 Å². The van der Waals surface area contributed by atoms with Gasteiger partial charge in [0.25, 0.3) is 0 Å². The van der Waals surface area contributed by atoms with Gasteiger partial charge in [0.15, 0.2) is 0 Å². The van der Waals surface area contributed by atoms with Gasteiger partial charge in [0.1, 0.15) is 6.10 Å². The molecule has 1 aromatic carbocycles. The highest BCUT2D eigenvalue weighted by Crippen LogP contribution is 2.25. The molecule has 4 rings (SSSR count). The number of aromatic nitrogens is 3. The van der Waals surface area contributed by atoms with Crippen molar-refractivity contribution in [2.75, 3.05) is 5.32 Å². The zero-order chi connectivity index (χ0) is 16.9.